The van der Waals surface area contributed by atoms with Crippen LogP contribution in [-0.2, 0) is 14.3 Å². The molecule has 3 nitrogen and oxygen atoms in total. The van der Waals surface area contributed by atoms with Crippen molar-refractivity contribution in [3.05, 3.63) is 84.4 Å². The molecule has 21 heavy (non-hydrogen) atoms. The maximum absolute atomic E-state index is 12.4. The van der Waals surface area contributed by atoms with Crippen LogP contribution in [0.3, 0.4) is 0 Å². The lowest BCUT2D eigenvalue weighted by molar-refractivity contribution is 0.366. The molecule has 2 aromatic rings. The van der Waals surface area contributed by atoms with Crippen LogP contribution in [0, 0.1) is 0 Å². The van der Waals surface area contributed by atoms with Crippen molar-refractivity contribution >= 4 is 21.1 Å². The standard InChI is InChI=1S/C17H16O3S/c1-2-13-20-21(18,19)17(16-11-7-4-8-12-16)14-15-9-5-3-6-10-15/h2-12,14H,1,13H2. The van der Waals surface area contributed by atoms with Crippen LogP contribution in [0.1, 0.15) is 11.1 Å². The molecule has 0 amide bonds. The molecular weight excluding hydrogens is 284 g/mol. The van der Waals surface area contributed by atoms with Crippen molar-refractivity contribution in [2.75, 3.05) is 6.61 Å². The summed E-state index contributed by atoms with van der Waals surface area (Å²) in [5.41, 5.74) is 1.38. The summed E-state index contributed by atoms with van der Waals surface area (Å²) < 4.78 is 29.7. The van der Waals surface area contributed by atoms with Gasteiger partial charge in [0.25, 0.3) is 10.1 Å². The highest BCUT2D eigenvalue weighted by Gasteiger charge is 2.20. The number of hydrogen-bond acceptors (Lipinski definition) is 3. The molecule has 2 aromatic carbocycles. The van der Waals surface area contributed by atoms with Gasteiger partial charge in [-0.15, -0.1) is 6.58 Å². The van der Waals surface area contributed by atoms with Crippen molar-refractivity contribution in [2.45, 2.75) is 0 Å². The van der Waals surface area contributed by atoms with E-state index in [1.165, 1.54) is 6.08 Å². The van der Waals surface area contributed by atoms with Crippen molar-refractivity contribution in [3.63, 3.8) is 0 Å². The van der Waals surface area contributed by atoms with Gasteiger partial charge in [-0.2, -0.15) is 8.42 Å². The van der Waals surface area contributed by atoms with Crippen LogP contribution in [0.25, 0.3) is 11.0 Å². The van der Waals surface area contributed by atoms with Gasteiger partial charge in [-0.05, 0) is 17.2 Å². The van der Waals surface area contributed by atoms with Crippen molar-refractivity contribution in [2.24, 2.45) is 0 Å². The average Bonchev–Trinajstić information content (AvgIpc) is 2.52. The fraction of sp³-hybridized carbons (Fsp3) is 0.0588. The molecule has 0 bridgehead atoms. The van der Waals surface area contributed by atoms with Crippen LogP contribution in [-0.4, -0.2) is 15.0 Å². The molecule has 0 aromatic heterocycles. The fourth-order valence-electron chi connectivity index (χ4n) is 1.80. The first-order chi connectivity index (χ1) is 10.1. The molecular formula is C17H16O3S. The Labute approximate surface area is 125 Å². The first-order valence-electron chi connectivity index (χ1n) is 6.46. The third-order valence-corrected chi connectivity index (χ3v) is 4.10. The van der Waals surface area contributed by atoms with E-state index in [-0.39, 0.29) is 11.5 Å². The summed E-state index contributed by atoms with van der Waals surface area (Å²) in [5, 5.41) is 0. The van der Waals surface area contributed by atoms with Crippen molar-refractivity contribution in [3.8, 4) is 0 Å². The minimum absolute atomic E-state index is 0.0543. The maximum atomic E-state index is 12.4. The van der Waals surface area contributed by atoms with Gasteiger partial charge in [0.15, 0.2) is 0 Å². The summed E-state index contributed by atoms with van der Waals surface area (Å²) in [6, 6.07) is 18.2. The van der Waals surface area contributed by atoms with Crippen LogP contribution < -0.4 is 0 Å². The van der Waals surface area contributed by atoms with E-state index < -0.39 is 10.1 Å². The predicted octanol–water partition coefficient (Wildman–Crippen LogP) is 3.72. The van der Waals surface area contributed by atoms with Gasteiger partial charge in [0, 0.05) is 0 Å². The van der Waals surface area contributed by atoms with Crippen LogP contribution in [0.4, 0.5) is 0 Å². The van der Waals surface area contributed by atoms with Gasteiger partial charge in [-0.3, -0.25) is 4.18 Å². The van der Waals surface area contributed by atoms with E-state index in [1.807, 2.05) is 36.4 Å². The lowest BCUT2D eigenvalue weighted by Gasteiger charge is -2.09. The zero-order valence-electron chi connectivity index (χ0n) is 11.5. The molecule has 0 aliphatic rings. The molecule has 0 unspecified atom stereocenters. The molecule has 0 N–H and O–H groups in total. The van der Waals surface area contributed by atoms with Crippen LogP contribution >= 0.6 is 0 Å². The van der Waals surface area contributed by atoms with Gasteiger partial charge in [-0.25, -0.2) is 0 Å². The van der Waals surface area contributed by atoms with E-state index in [0.717, 1.165) is 5.56 Å². The number of benzene rings is 2. The van der Waals surface area contributed by atoms with Gasteiger partial charge >= 0.3 is 0 Å². The second-order valence-corrected chi connectivity index (χ2v) is 5.90. The van der Waals surface area contributed by atoms with Crippen LogP contribution in [0.15, 0.2) is 73.3 Å². The Balaban J connectivity index is 2.50. The third-order valence-electron chi connectivity index (χ3n) is 2.77. The molecule has 0 saturated carbocycles. The van der Waals surface area contributed by atoms with Crippen molar-refractivity contribution < 1.29 is 12.6 Å². The first kappa shape index (κ1) is 15.2. The highest BCUT2D eigenvalue weighted by molar-refractivity contribution is 7.96. The Morgan fingerprint density at radius 3 is 2.14 bits per heavy atom. The lowest BCUT2D eigenvalue weighted by Crippen LogP contribution is -2.08. The molecule has 4 heteroatoms. The van der Waals surface area contributed by atoms with Gasteiger partial charge in [0.2, 0.25) is 0 Å². The van der Waals surface area contributed by atoms with Gasteiger partial charge in [0.05, 0.1) is 6.61 Å². The monoisotopic (exact) mass is 300 g/mol. The Kier molecular flexibility index (Phi) is 5.09. The van der Waals surface area contributed by atoms with E-state index >= 15 is 0 Å². The topological polar surface area (TPSA) is 43.4 Å². The zero-order chi connectivity index (χ0) is 15.1. The van der Waals surface area contributed by atoms with E-state index in [2.05, 4.69) is 6.58 Å². The zero-order valence-corrected chi connectivity index (χ0v) is 12.3. The summed E-state index contributed by atoms with van der Waals surface area (Å²) in [7, 11) is -3.85. The lowest BCUT2D eigenvalue weighted by atomic mass is 10.1. The molecule has 0 atom stereocenters. The Morgan fingerprint density at radius 2 is 1.57 bits per heavy atom. The normalized spacial score (nSPS) is 12.1. The Hall–Kier alpha value is -2.17. The van der Waals surface area contributed by atoms with E-state index in [0.29, 0.717) is 5.56 Å². The van der Waals surface area contributed by atoms with Gasteiger partial charge < -0.3 is 0 Å². The van der Waals surface area contributed by atoms with Crippen LogP contribution in [0.5, 0.6) is 0 Å². The third kappa shape index (κ3) is 4.15. The first-order valence-corrected chi connectivity index (χ1v) is 7.87. The largest absolute Gasteiger partial charge is 0.297 e. The Morgan fingerprint density at radius 1 is 1.00 bits per heavy atom. The number of hydrogen-bond donors (Lipinski definition) is 0. The second-order valence-electron chi connectivity index (χ2n) is 4.31. The molecule has 108 valence electrons. The smallest absolute Gasteiger partial charge is 0.262 e. The van der Waals surface area contributed by atoms with E-state index in [1.54, 1.807) is 30.3 Å². The maximum Gasteiger partial charge on any atom is 0.297 e. The van der Waals surface area contributed by atoms with Crippen molar-refractivity contribution in [1.29, 1.82) is 0 Å². The quantitative estimate of drug-likeness (QED) is 0.464. The second kappa shape index (κ2) is 7.02. The number of rotatable bonds is 6. The molecule has 0 saturated heterocycles. The molecule has 0 fully saturated rings. The highest BCUT2D eigenvalue weighted by Crippen LogP contribution is 2.25. The average molecular weight is 300 g/mol. The fourth-order valence-corrected chi connectivity index (χ4v) is 2.91. The minimum Gasteiger partial charge on any atom is -0.262 e. The molecule has 0 aliphatic heterocycles. The molecule has 2 rings (SSSR count). The van der Waals surface area contributed by atoms with Crippen LogP contribution in [0.2, 0.25) is 0 Å². The van der Waals surface area contributed by atoms with Gasteiger partial charge in [0.1, 0.15) is 4.91 Å². The van der Waals surface area contributed by atoms with E-state index in [4.69, 9.17) is 4.18 Å². The minimum atomic E-state index is -3.85. The summed E-state index contributed by atoms with van der Waals surface area (Å²) >= 11 is 0. The van der Waals surface area contributed by atoms with E-state index in [9.17, 15) is 8.42 Å². The summed E-state index contributed by atoms with van der Waals surface area (Å²) in [4.78, 5) is 0.135. The summed E-state index contributed by atoms with van der Waals surface area (Å²) in [6.45, 7) is 3.42. The highest BCUT2D eigenvalue weighted by atomic mass is 32.2. The van der Waals surface area contributed by atoms with Crippen molar-refractivity contribution in [1.82, 2.24) is 0 Å². The summed E-state index contributed by atoms with van der Waals surface area (Å²) in [6.07, 6.45) is 3.01. The SMILES string of the molecule is C=CCOS(=O)(=O)C(=Cc1ccccc1)c1ccccc1. The predicted molar refractivity (Wildman–Crippen MR) is 85.8 cm³/mol. The Bertz CT molecular complexity index is 717. The summed E-state index contributed by atoms with van der Waals surface area (Å²) in [5.74, 6) is 0. The molecule has 0 aliphatic carbocycles. The molecule has 0 heterocycles. The molecule has 0 radical (unpaired) electrons. The molecule has 0 spiro atoms. The van der Waals surface area contributed by atoms with Gasteiger partial charge in [-0.1, -0.05) is 66.7 Å².